The number of anilines is 1. The van der Waals surface area contributed by atoms with Gasteiger partial charge in [0, 0.05) is 19.5 Å². The standard InChI is InChI=1S/C15H21N5/c16-11-13-6-8-20(9-7-13)15-17-14(18-19-15)10-12-4-2-1-3-5-12/h1-5,13H,6-11,16H2,(H,17,18,19). The first-order chi connectivity index (χ1) is 9.85. The third kappa shape index (κ3) is 2.99. The maximum atomic E-state index is 5.72. The summed E-state index contributed by atoms with van der Waals surface area (Å²) in [4.78, 5) is 6.86. The molecule has 1 aliphatic rings. The van der Waals surface area contributed by atoms with Gasteiger partial charge in [0.05, 0.1) is 0 Å². The first kappa shape index (κ1) is 13.1. The Morgan fingerprint density at radius 3 is 2.65 bits per heavy atom. The number of benzene rings is 1. The van der Waals surface area contributed by atoms with E-state index in [-0.39, 0.29) is 0 Å². The van der Waals surface area contributed by atoms with Gasteiger partial charge in [-0.15, -0.1) is 5.10 Å². The Morgan fingerprint density at radius 2 is 1.95 bits per heavy atom. The Morgan fingerprint density at radius 1 is 1.20 bits per heavy atom. The van der Waals surface area contributed by atoms with Gasteiger partial charge in [-0.1, -0.05) is 30.3 Å². The smallest absolute Gasteiger partial charge is 0.244 e. The van der Waals surface area contributed by atoms with Gasteiger partial charge in [0.25, 0.3) is 0 Å². The van der Waals surface area contributed by atoms with Gasteiger partial charge in [-0.3, -0.25) is 5.10 Å². The van der Waals surface area contributed by atoms with E-state index in [1.165, 1.54) is 5.56 Å². The Hall–Kier alpha value is -1.88. The molecule has 5 heteroatoms. The van der Waals surface area contributed by atoms with Gasteiger partial charge in [-0.05, 0) is 30.9 Å². The molecule has 0 amide bonds. The Balaban J connectivity index is 1.62. The van der Waals surface area contributed by atoms with Crippen molar-refractivity contribution in [3.63, 3.8) is 0 Å². The second kappa shape index (κ2) is 6.05. The highest BCUT2D eigenvalue weighted by Gasteiger charge is 2.20. The van der Waals surface area contributed by atoms with Crippen molar-refractivity contribution in [3.8, 4) is 0 Å². The number of nitrogens with two attached hydrogens (primary N) is 1. The fourth-order valence-electron chi connectivity index (χ4n) is 2.66. The molecule has 0 unspecified atom stereocenters. The molecule has 20 heavy (non-hydrogen) atoms. The van der Waals surface area contributed by atoms with Crippen molar-refractivity contribution in [2.45, 2.75) is 19.3 Å². The SMILES string of the molecule is NCC1CCN(c2n[nH]c(Cc3ccccc3)n2)CC1. The maximum absolute atomic E-state index is 5.72. The molecule has 0 aliphatic carbocycles. The van der Waals surface area contributed by atoms with Crippen molar-refractivity contribution in [3.05, 3.63) is 41.7 Å². The molecule has 1 fully saturated rings. The zero-order valence-electron chi connectivity index (χ0n) is 11.6. The average molecular weight is 271 g/mol. The van der Waals surface area contributed by atoms with Crippen molar-refractivity contribution < 1.29 is 0 Å². The minimum Gasteiger partial charge on any atom is -0.340 e. The number of piperidine rings is 1. The summed E-state index contributed by atoms with van der Waals surface area (Å²) in [5, 5.41) is 7.39. The molecule has 1 aliphatic heterocycles. The van der Waals surface area contributed by atoms with E-state index in [0.717, 1.165) is 50.7 Å². The van der Waals surface area contributed by atoms with Crippen LogP contribution in [0.3, 0.4) is 0 Å². The summed E-state index contributed by atoms with van der Waals surface area (Å²) in [7, 11) is 0. The lowest BCUT2D eigenvalue weighted by molar-refractivity contribution is 0.411. The van der Waals surface area contributed by atoms with Crippen LogP contribution in [0.25, 0.3) is 0 Å². The maximum Gasteiger partial charge on any atom is 0.244 e. The molecule has 0 saturated carbocycles. The molecule has 1 aromatic carbocycles. The van der Waals surface area contributed by atoms with Crippen LogP contribution in [0.2, 0.25) is 0 Å². The molecule has 106 valence electrons. The number of aromatic amines is 1. The van der Waals surface area contributed by atoms with Gasteiger partial charge >= 0.3 is 0 Å². The lowest BCUT2D eigenvalue weighted by Crippen LogP contribution is -2.36. The van der Waals surface area contributed by atoms with E-state index in [4.69, 9.17) is 5.73 Å². The highest BCUT2D eigenvalue weighted by Crippen LogP contribution is 2.20. The van der Waals surface area contributed by atoms with Gasteiger partial charge in [-0.25, -0.2) is 0 Å². The van der Waals surface area contributed by atoms with Crippen LogP contribution in [0.15, 0.2) is 30.3 Å². The number of hydrogen-bond donors (Lipinski definition) is 2. The van der Waals surface area contributed by atoms with Crippen molar-refractivity contribution in [1.29, 1.82) is 0 Å². The normalized spacial score (nSPS) is 16.6. The van der Waals surface area contributed by atoms with Crippen LogP contribution in [0.5, 0.6) is 0 Å². The van der Waals surface area contributed by atoms with Gasteiger partial charge in [0.2, 0.25) is 5.95 Å². The Labute approximate surface area is 119 Å². The first-order valence-electron chi connectivity index (χ1n) is 7.25. The largest absolute Gasteiger partial charge is 0.340 e. The molecule has 1 saturated heterocycles. The zero-order chi connectivity index (χ0) is 13.8. The van der Waals surface area contributed by atoms with E-state index in [0.29, 0.717) is 5.92 Å². The van der Waals surface area contributed by atoms with E-state index < -0.39 is 0 Å². The van der Waals surface area contributed by atoms with E-state index in [2.05, 4.69) is 32.2 Å². The van der Waals surface area contributed by atoms with Crippen LogP contribution in [-0.2, 0) is 6.42 Å². The molecule has 5 nitrogen and oxygen atoms in total. The van der Waals surface area contributed by atoms with Gasteiger partial charge < -0.3 is 10.6 Å². The van der Waals surface area contributed by atoms with Crippen LogP contribution in [0.4, 0.5) is 5.95 Å². The highest BCUT2D eigenvalue weighted by molar-refractivity contribution is 5.30. The molecule has 0 bridgehead atoms. The molecule has 2 aromatic rings. The molecule has 2 heterocycles. The highest BCUT2D eigenvalue weighted by atomic mass is 15.4. The van der Waals surface area contributed by atoms with E-state index >= 15 is 0 Å². The second-order valence-corrected chi connectivity index (χ2v) is 5.41. The predicted molar refractivity (Wildman–Crippen MR) is 79.6 cm³/mol. The summed E-state index contributed by atoms with van der Waals surface area (Å²) in [5.74, 6) is 2.41. The molecule has 3 N–H and O–H groups in total. The lowest BCUT2D eigenvalue weighted by Gasteiger charge is -2.30. The summed E-state index contributed by atoms with van der Waals surface area (Å²) >= 11 is 0. The lowest BCUT2D eigenvalue weighted by atomic mass is 9.97. The van der Waals surface area contributed by atoms with Crippen molar-refractivity contribution in [1.82, 2.24) is 15.2 Å². The Kier molecular flexibility index (Phi) is 3.97. The first-order valence-corrected chi connectivity index (χ1v) is 7.25. The van der Waals surface area contributed by atoms with E-state index in [1.54, 1.807) is 0 Å². The minimum absolute atomic E-state index is 0.661. The molecule has 0 spiro atoms. The third-order valence-corrected chi connectivity index (χ3v) is 3.97. The molecule has 1 aromatic heterocycles. The quantitative estimate of drug-likeness (QED) is 0.885. The van der Waals surface area contributed by atoms with Crippen molar-refractivity contribution in [2.24, 2.45) is 11.7 Å². The predicted octanol–water partition coefficient (Wildman–Crippen LogP) is 1.57. The van der Waals surface area contributed by atoms with Crippen LogP contribution in [0, 0.1) is 5.92 Å². The van der Waals surface area contributed by atoms with Crippen molar-refractivity contribution >= 4 is 5.95 Å². The minimum atomic E-state index is 0.661. The summed E-state index contributed by atoms with van der Waals surface area (Å²) < 4.78 is 0. The summed E-state index contributed by atoms with van der Waals surface area (Å²) in [6.45, 7) is 2.80. The Bertz CT molecular complexity index is 528. The topological polar surface area (TPSA) is 70.8 Å². The number of nitrogens with zero attached hydrogens (tertiary/aromatic N) is 3. The second-order valence-electron chi connectivity index (χ2n) is 5.41. The molecular weight excluding hydrogens is 250 g/mol. The molecule has 0 atom stereocenters. The van der Waals surface area contributed by atoms with Crippen LogP contribution in [-0.4, -0.2) is 34.8 Å². The van der Waals surface area contributed by atoms with Gasteiger partial charge in [-0.2, -0.15) is 4.98 Å². The number of hydrogen-bond acceptors (Lipinski definition) is 4. The van der Waals surface area contributed by atoms with Crippen LogP contribution in [0.1, 0.15) is 24.2 Å². The average Bonchev–Trinajstić information content (AvgIpc) is 2.97. The summed E-state index contributed by atoms with van der Waals surface area (Å²) in [6, 6.07) is 10.3. The monoisotopic (exact) mass is 271 g/mol. The summed E-state index contributed by atoms with van der Waals surface area (Å²) in [6.07, 6.45) is 3.07. The van der Waals surface area contributed by atoms with Crippen LogP contribution < -0.4 is 10.6 Å². The van der Waals surface area contributed by atoms with E-state index in [1.807, 2.05) is 18.2 Å². The molecule has 0 radical (unpaired) electrons. The van der Waals surface area contributed by atoms with Gasteiger partial charge in [0.1, 0.15) is 5.82 Å². The molecule has 3 rings (SSSR count). The summed E-state index contributed by atoms with van der Waals surface area (Å²) in [5.41, 5.74) is 6.97. The van der Waals surface area contributed by atoms with E-state index in [9.17, 15) is 0 Å². The number of aromatic nitrogens is 3. The number of rotatable bonds is 4. The number of H-pyrrole nitrogens is 1. The van der Waals surface area contributed by atoms with Crippen molar-refractivity contribution in [2.75, 3.05) is 24.5 Å². The fourth-order valence-corrected chi connectivity index (χ4v) is 2.66. The number of nitrogens with one attached hydrogen (secondary N) is 1. The van der Waals surface area contributed by atoms with Gasteiger partial charge in [0.15, 0.2) is 0 Å². The zero-order valence-corrected chi connectivity index (χ0v) is 11.6. The van der Waals surface area contributed by atoms with Crippen LogP contribution >= 0.6 is 0 Å². The molecular formula is C15H21N5. The fraction of sp³-hybridized carbons (Fsp3) is 0.467. The third-order valence-electron chi connectivity index (χ3n) is 3.97.